The van der Waals surface area contributed by atoms with E-state index in [0.717, 1.165) is 41.9 Å². The lowest BCUT2D eigenvalue weighted by atomic mass is 10.1. The maximum absolute atomic E-state index is 13.0. The van der Waals surface area contributed by atoms with Gasteiger partial charge in [0.25, 0.3) is 0 Å². The minimum atomic E-state index is -0.229. The first kappa shape index (κ1) is 22.3. The van der Waals surface area contributed by atoms with E-state index in [0.29, 0.717) is 31.8 Å². The average molecular weight is 423 g/mol. The lowest BCUT2D eigenvalue weighted by Gasteiger charge is -2.19. The van der Waals surface area contributed by atoms with Crippen molar-refractivity contribution in [3.63, 3.8) is 0 Å². The number of nitrogens with zero attached hydrogens (tertiary/aromatic N) is 2. The van der Waals surface area contributed by atoms with E-state index < -0.39 is 0 Å². The molecule has 1 fully saturated rings. The smallest absolute Gasteiger partial charge is 0.329 e. The van der Waals surface area contributed by atoms with Crippen molar-refractivity contribution in [2.75, 3.05) is 36.5 Å². The zero-order chi connectivity index (χ0) is 22.2. The number of unbranched alkanes of at least 4 members (excludes halogenated alkanes) is 1. The van der Waals surface area contributed by atoms with E-state index in [1.54, 1.807) is 9.80 Å². The van der Waals surface area contributed by atoms with Crippen LogP contribution in [0.1, 0.15) is 37.3 Å². The molecule has 2 aromatic carbocycles. The van der Waals surface area contributed by atoms with Gasteiger partial charge in [0.2, 0.25) is 0 Å². The first-order valence-electron chi connectivity index (χ1n) is 10.7. The number of amidine groups is 1. The first-order valence-corrected chi connectivity index (χ1v) is 10.7. The Balaban J connectivity index is 1.60. The number of nitrogens with one attached hydrogen (secondary N) is 2. The predicted molar refractivity (Wildman–Crippen MR) is 123 cm³/mol. The molecular weight excluding hydrogens is 392 g/mol. The van der Waals surface area contributed by atoms with Crippen molar-refractivity contribution in [2.24, 2.45) is 0 Å². The highest BCUT2D eigenvalue weighted by molar-refractivity contribution is 6.06. The summed E-state index contributed by atoms with van der Waals surface area (Å²) in [6.07, 6.45) is 3.07. The molecule has 0 bridgehead atoms. The molecule has 0 unspecified atom stereocenters. The van der Waals surface area contributed by atoms with Crippen molar-refractivity contribution in [3.05, 3.63) is 59.7 Å². The molecule has 2 N–H and O–H groups in total. The summed E-state index contributed by atoms with van der Waals surface area (Å²) in [5, 5.41) is 11.2. The molecule has 1 saturated heterocycles. The van der Waals surface area contributed by atoms with Gasteiger partial charge in [-0.3, -0.25) is 20.0 Å². The SMILES string of the molecule is CCCCNC(=N)c1ccc(N2CCN(c3ccc(CCC(=O)OC)cc3)C2=O)cc1. The van der Waals surface area contributed by atoms with Gasteiger partial charge in [0, 0.05) is 43.0 Å². The number of urea groups is 1. The van der Waals surface area contributed by atoms with Crippen LogP contribution in [-0.4, -0.2) is 44.6 Å². The second-order valence-corrected chi connectivity index (χ2v) is 7.53. The van der Waals surface area contributed by atoms with Crippen molar-refractivity contribution in [2.45, 2.75) is 32.6 Å². The number of aryl methyl sites for hydroxylation is 1. The number of anilines is 2. The normalized spacial score (nSPS) is 13.4. The molecule has 2 amide bonds. The van der Waals surface area contributed by atoms with Crippen molar-refractivity contribution in [3.8, 4) is 0 Å². The molecule has 164 valence electrons. The van der Waals surface area contributed by atoms with Gasteiger partial charge < -0.3 is 10.1 Å². The predicted octanol–water partition coefficient (Wildman–Crippen LogP) is 3.95. The molecule has 0 saturated carbocycles. The summed E-state index contributed by atoms with van der Waals surface area (Å²) >= 11 is 0. The number of hydrogen-bond acceptors (Lipinski definition) is 4. The molecule has 31 heavy (non-hydrogen) atoms. The van der Waals surface area contributed by atoms with Crippen LogP contribution >= 0.6 is 0 Å². The third kappa shape index (κ3) is 5.63. The van der Waals surface area contributed by atoms with Crippen molar-refractivity contribution >= 4 is 29.2 Å². The Morgan fingerprint density at radius 1 is 1.03 bits per heavy atom. The standard InChI is InChI=1S/C24H30N4O3/c1-3-4-15-26-23(25)19-8-12-21(13-9-19)28-17-16-27(24(28)30)20-10-5-18(6-11-20)7-14-22(29)31-2/h5-6,8-13H,3-4,7,14-17H2,1-2H3,(H2,25,26). The van der Waals surface area contributed by atoms with Crippen LogP contribution in [0.3, 0.4) is 0 Å². The Morgan fingerprint density at radius 3 is 2.16 bits per heavy atom. The quantitative estimate of drug-likeness (QED) is 0.277. The number of carbonyl (C=O) groups is 2. The van der Waals surface area contributed by atoms with Crippen LogP contribution in [-0.2, 0) is 16.0 Å². The van der Waals surface area contributed by atoms with E-state index in [1.807, 2.05) is 48.5 Å². The molecule has 0 atom stereocenters. The highest BCUT2D eigenvalue weighted by Gasteiger charge is 2.30. The lowest BCUT2D eigenvalue weighted by molar-refractivity contribution is -0.140. The summed E-state index contributed by atoms with van der Waals surface area (Å²) in [7, 11) is 1.39. The van der Waals surface area contributed by atoms with Gasteiger partial charge >= 0.3 is 12.0 Å². The Labute approximate surface area is 183 Å². The summed E-state index contributed by atoms with van der Waals surface area (Å²) in [6, 6.07) is 15.2. The zero-order valence-electron chi connectivity index (χ0n) is 18.2. The Bertz CT molecular complexity index is 909. The number of amides is 2. The van der Waals surface area contributed by atoms with Gasteiger partial charge in [0.15, 0.2) is 0 Å². The molecule has 0 spiro atoms. The summed E-state index contributed by atoms with van der Waals surface area (Å²) in [5.41, 5.74) is 3.51. The van der Waals surface area contributed by atoms with Crippen LogP contribution in [0.5, 0.6) is 0 Å². The molecule has 7 nitrogen and oxygen atoms in total. The van der Waals surface area contributed by atoms with Crippen LogP contribution in [0.15, 0.2) is 48.5 Å². The van der Waals surface area contributed by atoms with Crippen molar-refractivity contribution < 1.29 is 14.3 Å². The van der Waals surface area contributed by atoms with Gasteiger partial charge in [0.1, 0.15) is 5.84 Å². The molecule has 7 heteroatoms. The highest BCUT2D eigenvalue weighted by Crippen LogP contribution is 2.26. The Hall–Kier alpha value is -3.35. The Kier molecular flexibility index (Phi) is 7.65. The third-order valence-corrected chi connectivity index (χ3v) is 5.40. The summed E-state index contributed by atoms with van der Waals surface area (Å²) in [5.74, 6) is 0.175. The van der Waals surface area contributed by atoms with E-state index in [4.69, 9.17) is 5.41 Å². The van der Waals surface area contributed by atoms with E-state index in [9.17, 15) is 9.59 Å². The molecule has 3 rings (SSSR count). The minimum Gasteiger partial charge on any atom is -0.469 e. The molecule has 1 aliphatic heterocycles. The fourth-order valence-corrected chi connectivity index (χ4v) is 3.51. The van der Waals surface area contributed by atoms with Gasteiger partial charge in [-0.15, -0.1) is 0 Å². The number of carbonyl (C=O) groups excluding carboxylic acids is 2. The second kappa shape index (κ2) is 10.6. The molecule has 1 aliphatic rings. The van der Waals surface area contributed by atoms with E-state index in [-0.39, 0.29) is 12.0 Å². The average Bonchev–Trinajstić information content (AvgIpc) is 3.19. The maximum Gasteiger partial charge on any atom is 0.329 e. The fourth-order valence-electron chi connectivity index (χ4n) is 3.51. The number of rotatable bonds is 9. The molecule has 1 heterocycles. The van der Waals surface area contributed by atoms with Crippen LogP contribution in [0, 0.1) is 5.41 Å². The maximum atomic E-state index is 13.0. The van der Waals surface area contributed by atoms with Gasteiger partial charge in [0.05, 0.1) is 7.11 Å². The van der Waals surface area contributed by atoms with Crippen LogP contribution in [0.2, 0.25) is 0 Å². The number of hydrogen-bond donors (Lipinski definition) is 2. The lowest BCUT2D eigenvalue weighted by Crippen LogP contribution is -2.31. The topological polar surface area (TPSA) is 85.7 Å². The van der Waals surface area contributed by atoms with Gasteiger partial charge in [-0.1, -0.05) is 25.5 Å². The van der Waals surface area contributed by atoms with Gasteiger partial charge in [-0.25, -0.2) is 4.79 Å². The summed E-state index contributed by atoms with van der Waals surface area (Å²) < 4.78 is 4.67. The second-order valence-electron chi connectivity index (χ2n) is 7.53. The Morgan fingerprint density at radius 2 is 1.61 bits per heavy atom. The number of benzene rings is 2. The van der Waals surface area contributed by atoms with Gasteiger partial charge in [-0.05, 0) is 54.8 Å². The molecule has 0 aromatic heterocycles. The van der Waals surface area contributed by atoms with E-state index >= 15 is 0 Å². The summed E-state index contributed by atoms with van der Waals surface area (Å²) in [4.78, 5) is 27.8. The van der Waals surface area contributed by atoms with Crippen molar-refractivity contribution in [1.29, 1.82) is 5.41 Å². The monoisotopic (exact) mass is 422 g/mol. The first-order chi connectivity index (χ1) is 15.0. The largest absolute Gasteiger partial charge is 0.469 e. The molecular formula is C24H30N4O3. The van der Waals surface area contributed by atoms with Crippen LogP contribution in [0.25, 0.3) is 0 Å². The van der Waals surface area contributed by atoms with Crippen LogP contribution in [0.4, 0.5) is 16.2 Å². The molecule has 0 radical (unpaired) electrons. The van der Waals surface area contributed by atoms with Crippen molar-refractivity contribution in [1.82, 2.24) is 5.32 Å². The number of methoxy groups -OCH3 is 1. The molecule has 2 aromatic rings. The van der Waals surface area contributed by atoms with Crippen LogP contribution < -0.4 is 15.1 Å². The third-order valence-electron chi connectivity index (χ3n) is 5.40. The fraction of sp³-hybridized carbons (Fsp3) is 0.375. The van der Waals surface area contributed by atoms with Gasteiger partial charge in [-0.2, -0.15) is 0 Å². The van der Waals surface area contributed by atoms with E-state index in [2.05, 4.69) is 17.0 Å². The molecule has 0 aliphatic carbocycles. The summed E-state index contributed by atoms with van der Waals surface area (Å²) in [6.45, 7) is 4.12. The minimum absolute atomic E-state index is 0.0637. The number of esters is 1. The highest BCUT2D eigenvalue weighted by atomic mass is 16.5. The van der Waals surface area contributed by atoms with E-state index in [1.165, 1.54) is 7.11 Å². The number of ether oxygens (including phenoxy) is 1. The zero-order valence-corrected chi connectivity index (χ0v) is 18.2.